The van der Waals surface area contributed by atoms with Crippen molar-refractivity contribution < 1.29 is 9.53 Å². The average Bonchev–Trinajstić information content (AvgIpc) is 3.41. The second-order valence-corrected chi connectivity index (χ2v) is 6.98. The third kappa shape index (κ3) is 4.23. The Kier molecular flexibility index (Phi) is 5.66. The van der Waals surface area contributed by atoms with Crippen molar-refractivity contribution in [3.63, 3.8) is 0 Å². The van der Waals surface area contributed by atoms with Crippen LogP contribution in [0.15, 0.2) is 12.4 Å². The van der Waals surface area contributed by atoms with E-state index < -0.39 is 0 Å². The van der Waals surface area contributed by atoms with E-state index in [4.69, 9.17) is 4.74 Å². The molecule has 1 aromatic heterocycles. The maximum atomic E-state index is 12.8. The lowest BCUT2D eigenvalue weighted by atomic mass is 9.84. The number of aromatic nitrogens is 2. The van der Waals surface area contributed by atoms with E-state index in [0.717, 1.165) is 37.3 Å². The lowest BCUT2D eigenvalue weighted by Gasteiger charge is -2.37. The molecule has 2 fully saturated rings. The summed E-state index contributed by atoms with van der Waals surface area (Å²) in [6.07, 6.45) is 9.71. The first-order chi connectivity index (χ1) is 11.7. The minimum Gasteiger partial charge on any atom is -0.378 e. The van der Waals surface area contributed by atoms with Crippen LogP contribution in [-0.2, 0) is 11.3 Å². The number of urea groups is 1. The monoisotopic (exact) mass is 332 g/mol. The molecular formula is C18H28N4O2. The molecule has 0 atom stereocenters. The zero-order chi connectivity index (χ0) is 16.9. The van der Waals surface area contributed by atoms with E-state index in [-0.39, 0.29) is 6.03 Å². The van der Waals surface area contributed by atoms with Crippen molar-refractivity contribution in [1.82, 2.24) is 14.9 Å². The van der Waals surface area contributed by atoms with Crippen LogP contribution in [0.5, 0.6) is 0 Å². The van der Waals surface area contributed by atoms with Crippen molar-refractivity contribution in [3.05, 3.63) is 18.1 Å². The Morgan fingerprint density at radius 2 is 1.88 bits per heavy atom. The van der Waals surface area contributed by atoms with Gasteiger partial charge in [0.1, 0.15) is 12.1 Å². The molecule has 0 aromatic carbocycles. The summed E-state index contributed by atoms with van der Waals surface area (Å²) in [5.41, 5.74) is 0.768. The van der Waals surface area contributed by atoms with E-state index in [1.165, 1.54) is 25.6 Å². The van der Waals surface area contributed by atoms with Gasteiger partial charge < -0.3 is 9.64 Å². The molecule has 6 nitrogen and oxygen atoms in total. The summed E-state index contributed by atoms with van der Waals surface area (Å²) < 4.78 is 5.09. The SMILES string of the molecule is CCC1CCC(N(C(=O)Nc2cc(COC)ncn2)C2CC2)CC1. The molecule has 2 amide bonds. The predicted octanol–water partition coefficient (Wildman–Crippen LogP) is 3.59. The third-order valence-electron chi connectivity index (χ3n) is 5.21. The van der Waals surface area contributed by atoms with Gasteiger partial charge in [-0.2, -0.15) is 0 Å². The maximum absolute atomic E-state index is 12.8. The summed E-state index contributed by atoms with van der Waals surface area (Å²) in [4.78, 5) is 23.2. The number of anilines is 1. The van der Waals surface area contributed by atoms with Crippen LogP contribution in [0.3, 0.4) is 0 Å². The number of nitrogens with zero attached hydrogens (tertiary/aromatic N) is 3. The molecule has 24 heavy (non-hydrogen) atoms. The Labute approximate surface area is 144 Å². The molecule has 132 valence electrons. The van der Waals surface area contributed by atoms with Crippen LogP contribution in [0.25, 0.3) is 0 Å². The molecule has 2 saturated carbocycles. The largest absolute Gasteiger partial charge is 0.378 e. The molecule has 1 N–H and O–H groups in total. The quantitative estimate of drug-likeness (QED) is 0.864. The standard InChI is InChI=1S/C18H28N4O2/c1-3-13-4-6-15(7-5-13)22(16-8-9-16)18(23)21-17-10-14(11-24-2)19-12-20-17/h10,12-13,15-16H,3-9,11H2,1-2H3,(H,19,20,21,23). The third-order valence-corrected chi connectivity index (χ3v) is 5.21. The lowest BCUT2D eigenvalue weighted by Crippen LogP contribution is -2.46. The smallest absolute Gasteiger partial charge is 0.323 e. The van der Waals surface area contributed by atoms with Gasteiger partial charge in [-0.05, 0) is 44.4 Å². The van der Waals surface area contributed by atoms with Gasteiger partial charge in [0.25, 0.3) is 0 Å². The fourth-order valence-electron chi connectivity index (χ4n) is 3.68. The first-order valence-electron chi connectivity index (χ1n) is 9.10. The number of methoxy groups -OCH3 is 1. The molecule has 0 aliphatic heterocycles. The number of ether oxygens (including phenoxy) is 1. The Hall–Kier alpha value is -1.69. The molecule has 1 aromatic rings. The second-order valence-electron chi connectivity index (χ2n) is 6.98. The highest BCUT2D eigenvalue weighted by atomic mass is 16.5. The van der Waals surface area contributed by atoms with Gasteiger partial charge in [0.2, 0.25) is 0 Å². The van der Waals surface area contributed by atoms with Gasteiger partial charge in [0.15, 0.2) is 0 Å². The molecule has 0 radical (unpaired) electrons. The van der Waals surface area contributed by atoms with Gasteiger partial charge in [0, 0.05) is 25.3 Å². The minimum absolute atomic E-state index is 0.0143. The molecule has 6 heteroatoms. The molecule has 0 saturated heterocycles. The molecule has 2 aliphatic rings. The number of hydrogen-bond acceptors (Lipinski definition) is 4. The molecule has 2 aliphatic carbocycles. The number of rotatable bonds is 6. The summed E-state index contributed by atoms with van der Waals surface area (Å²) >= 11 is 0. The second kappa shape index (κ2) is 7.92. The highest BCUT2D eigenvalue weighted by Gasteiger charge is 2.38. The zero-order valence-corrected chi connectivity index (χ0v) is 14.7. The Morgan fingerprint density at radius 3 is 2.46 bits per heavy atom. The fourth-order valence-corrected chi connectivity index (χ4v) is 3.68. The van der Waals surface area contributed by atoms with E-state index in [2.05, 4.69) is 27.1 Å². The van der Waals surface area contributed by atoms with Gasteiger partial charge >= 0.3 is 6.03 Å². The van der Waals surface area contributed by atoms with Crippen LogP contribution < -0.4 is 5.32 Å². The van der Waals surface area contributed by atoms with Gasteiger partial charge in [0.05, 0.1) is 12.3 Å². The highest BCUT2D eigenvalue weighted by molar-refractivity contribution is 5.89. The number of nitrogens with one attached hydrogen (secondary N) is 1. The van der Waals surface area contributed by atoms with Crippen LogP contribution in [-0.4, -0.2) is 40.1 Å². The van der Waals surface area contributed by atoms with Crippen LogP contribution in [0.2, 0.25) is 0 Å². The number of amides is 2. The van der Waals surface area contributed by atoms with Crippen molar-refractivity contribution in [2.45, 2.75) is 70.6 Å². The number of carbonyl (C=O) groups is 1. The molecule has 0 bridgehead atoms. The summed E-state index contributed by atoms with van der Waals surface area (Å²) in [6, 6.07) is 2.55. The Bertz CT molecular complexity index is 554. The molecule has 1 heterocycles. The van der Waals surface area contributed by atoms with E-state index in [1.54, 1.807) is 13.2 Å². The number of carbonyl (C=O) groups excluding carboxylic acids is 1. The van der Waals surface area contributed by atoms with Crippen LogP contribution in [0, 0.1) is 5.92 Å². The topological polar surface area (TPSA) is 67.4 Å². The Morgan fingerprint density at radius 1 is 1.21 bits per heavy atom. The fraction of sp³-hybridized carbons (Fsp3) is 0.722. The summed E-state index contributed by atoms with van der Waals surface area (Å²) in [7, 11) is 1.63. The summed E-state index contributed by atoms with van der Waals surface area (Å²) in [6.45, 7) is 2.68. The molecular weight excluding hydrogens is 304 g/mol. The normalized spacial score (nSPS) is 23.8. The van der Waals surface area contributed by atoms with Crippen molar-refractivity contribution in [2.24, 2.45) is 5.92 Å². The molecule has 3 rings (SSSR count). The highest BCUT2D eigenvalue weighted by Crippen LogP contribution is 2.36. The van der Waals surface area contributed by atoms with E-state index >= 15 is 0 Å². The van der Waals surface area contributed by atoms with Gasteiger partial charge in [-0.15, -0.1) is 0 Å². The van der Waals surface area contributed by atoms with Crippen molar-refractivity contribution in [1.29, 1.82) is 0 Å². The van der Waals surface area contributed by atoms with Gasteiger partial charge in [-0.25, -0.2) is 14.8 Å². The Balaban J connectivity index is 1.64. The van der Waals surface area contributed by atoms with Crippen molar-refractivity contribution >= 4 is 11.8 Å². The summed E-state index contributed by atoms with van der Waals surface area (Å²) in [5, 5.41) is 2.96. The lowest BCUT2D eigenvalue weighted by molar-refractivity contribution is 0.147. The van der Waals surface area contributed by atoms with Crippen LogP contribution in [0.4, 0.5) is 10.6 Å². The van der Waals surface area contributed by atoms with E-state index in [1.807, 2.05) is 0 Å². The van der Waals surface area contributed by atoms with Crippen LogP contribution >= 0.6 is 0 Å². The first kappa shape index (κ1) is 17.1. The molecule has 0 unspecified atom stereocenters. The number of hydrogen-bond donors (Lipinski definition) is 1. The predicted molar refractivity (Wildman–Crippen MR) is 92.7 cm³/mol. The zero-order valence-electron chi connectivity index (χ0n) is 14.7. The van der Waals surface area contributed by atoms with E-state index in [0.29, 0.717) is 24.5 Å². The van der Waals surface area contributed by atoms with Crippen molar-refractivity contribution in [3.8, 4) is 0 Å². The van der Waals surface area contributed by atoms with Gasteiger partial charge in [-0.1, -0.05) is 13.3 Å². The van der Waals surface area contributed by atoms with E-state index in [9.17, 15) is 4.79 Å². The maximum Gasteiger partial charge on any atom is 0.323 e. The van der Waals surface area contributed by atoms with Crippen LogP contribution in [0.1, 0.15) is 57.6 Å². The minimum atomic E-state index is -0.0143. The summed E-state index contributed by atoms with van der Waals surface area (Å²) in [5.74, 6) is 1.39. The van der Waals surface area contributed by atoms with Crippen molar-refractivity contribution in [2.75, 3.05) is 12.4 Å². The first-order valence-corrected chi connectivity index (χ1v) is 9.10. The van der Waals surface area contributed by atoms with Gasteiger partial charge in [-0.3, -0.25) is 5.32 Å². The molecule has 0 spiro atoms. The average molecular weight is 332 g/mol.